The molecule has 0 saturated carbocycles. The summed E-state index contributed by atoms with van der Waals surface area (Å²) in [5.74, 6) is 0.708. The number of rotatable bonds is 3. The minimum atomic E-state index is 0.0385. The number of hydrogen-bond acceptors (Lipinski definition) is 3. The van der Waals surface area contributed by atoms with Crippen molar-refractivity contribution < 1.29 is 0 Å². The third kappa shape index (κ3) is 3.39. The zero-order chi connectivity index (χ0) is 15.6. The maximum Gasteiger partial charge on any atom is 0.140 e. The summed E-state index contributed by atoms with van der Waals surface area (Å²) in [4.78, 5) is 4.76. The number of nitrogens with two attached hydrogens (primary N) is 1. The average molecular weight is 299 g/mol. The van der Waals surface area contributed by atoms with Gasteiger partial charge in [-0.05, 0) is 35.6 Å². The van der Waals surface area contributed by atoms with E-state index in [2.05, 4.69) is 37.1 Å². The van der Waals surface area contributed by atoms with E-state index in [1.807, 2.05) is 31.2 Å². The molecule has 21 heavy (non-hydrogen) atoms. The van der Waals surface area contributed by atoms with E-state index in [9.17, 15) is 0 Å². The van der Waals surface area contributed by atoms with Gasteiger partial charge in [-0.2, -0.15) is 0 Å². The molecule has 0 aliphatic heterocycles. The molecule has 1 aromatic heterocycles. The van der Waals surface area contributed by atoms with E-state index in [1.54, 1.807) is 6.20 Å². The molecule has 2 rings (SSSR count). The first-order valence-electron chi connectivity index (χ1n) is 6.92. The van der Waals surface area contributed by atoms with Crippen LogP contribution in [0.15, 0.2) is 36.5 Å². The van der Waals surface area contributed by atoms with E-state index in [1.165, 1.54) is 5.56 Å². The Kier molecular flexibility index (Phi) is 4.28. The van der Waals surface area contributed by atoms with Gasteiger partial charge in [0.15, 0.2) is 0 Å². The van der Waals surface area contributed by atoms with Crippen molar-refractivity contribution in [2.45, 2.75) is 33.1 Å². The number of hydrogen-bond donors (Lipinski definition) is 2. The van der Waals surface area contributed by atoms with E-state index >= 15 is 0 Å². The summed E-state index contributed by atoms with van der Waals surface area (Å²) in [6.45, 7) is 8.54. The molecule has 1 heterocycles. The maximum atomic E-state index is 5.84. The van der Waals surface area contributed by atoms with Gasteiger partial charge in [-0.25, -0.2) is 4.98 Å². The maximum absolute atomic E-state index is 5.84. The van der Waals surface area contributed by atoms with Gasteiger partial charge < -0.3 is 11.1 Å². The molecule has 2 aromatic rings. The Balaban J connectivity index is 2.50. The minimum Gasteiger partial charge on any atom is -0.389 e. The lowest BCUT2D eigenvalue weighted by Crippen LogP contribution is -2.17. The number of nitrogens with zero attached hydrogens (tertiary/aromatic N) is 1. The van der Waals surface area contributed by atoms with Gasteiger partial charge in [0.05, 0.1) is 5.56 Å². The van der Waals surface area contributed by atoms with E-state index in [0.29, 0.717) is 10.8 Å². The van der Waals surface area contributed by atoms with Gasteiger partial charge in [0, 0.05) is 11.9 Å². The van der Waals surface area contributed by atoms with E-state index in [4.69, 9.17) is 18.0 Å². The van der Waals surface area contributed by atoms with Gasteiger partial charge in [0.1, 0.15) is 10.8 Å². The molecule has 0 amide bonds. The first-order chi connectivity index (χ1) is 9.80. The lowest BCUT2D eigenvalue weighted by Gasteiger charge is -2.24. The Labute approximate surface area is 131 Å². The van der Waals surface area contributed by atoms with Crippen LogP contribution < -0.4 is 11.1 Å². The minimum absolute atomic E-state index is 0.0385. The second kappa shape index (κ2) is 5.82. The zero-order valence-corrected chi connectivity index (χ0v) is 13.7. The first kappa shape index (κ1) is 15.4. The molecule has 0 bridgehead atoms. The lowest BCUT2D eigenvalue weighted by atomic mass is 9.86. The van der Waals surface area contributed by atoms with Crippen LogP contribution in [-0.4, -0.2) is 9.97 Å². The molecule has 3 N–H and O–H groups in total. The quantitative estimate of drug-likeness (QED) is 0.839. The van der Waals surface area contributed by atoms with E-state index < -0.39 is 0 Å². The molecule has 0 aliphatic rings. The van der Waals surface area contributed by atoms with Crippen molar-refractivity contribution in [2.24, 2.45) is 5.73 Å². The Morgan fingerprint density at radius 1 is 1.19 bits per heavy atom. The highest BCUT2D eigenvalue weighted by Crippen LogP contribution is 2.31. The Morgan fingerprint density at radius 3 is 2.48 bits per heavy atom. The molecule has 110 valence electrons. The number of aryl methyl sites for hydroxylation is 1. The van der Waals surface area contributed by atoms with Crippen LogP contribution in [0.25, 0.3) is 0 Å². The summed E-state index contributed by atoms with van der Waals surface area (Å²) in [5.41, 5.74) is 9.96. The van der Waals surface area contributed by atoms with Crippen LogP contribution in [0.2, 0.25) is 0 Å². The monoisotopic (exact) mass is 299 g/mol. The molecular formula is C17H21N3S. The summed E-state index contributed by atoms with van der Waals surface area (Å²) in [6.07, 6.45) is 1.76. The molecule has 0 radical (unpaired) electrons. The molecule has 0 aliphatic carbocycles. The van der Waals surface area contributed by atoms with Crippen molar-refractivity contribution in [1.82, 2.24) is 4.98 Å². The zero-order valence-electron chi connectivity index (χ0n) is 12.9. The van der Waals surface area contributed by atoms with Crippen molar-refractivity contribution in [3.05, 3.63) is 53.2 Å². The Bertz CT molecular complexity index is 672. The van der Waals surface area contributed by atoms with Gasteiger partial charge in [0.2, 0.25) is 0 Å². The molecule has 0 unspecified atom stereocenters. The smallest absolute Gasteiger partial charge is 0.140 e. The van der Waals surface area contributed by atoms with Crippen molar-refractivity contribution in [1.29, 1.82) is 0 Å². The predicted molar refractivity (Wildman–Crippen MR) is 93.3 cm³/mol. The molecule has 0 atom stereocenters. The summed E-state index contributed by atoms with van der Waals surface area (Å²) in [7, 11) is 0. The average Bonchev–Trinajstić information content (AvgIpc) is 2.37. The molecule has 0 fully saturated rings. The number of thiocarbonyl (C=S) groups is 1. The van der Waals surface area contributed by atoms with Crippen molar-refractivity contribution >= 4 is 28.7 Å². The van der Waals surface area contributed by atoms with Crippen molar-refractivity contribution in [3.63, 3.8) is 0 Å². The molecule has 0 spiro atoms. The van der Waals surface area contributed by atoms with Gasteiger partial charge in [-0.15, -0.1) is 0 Å². The topological polar surface area (TPSA) is 50.9 Å². The summed E-state index contributed by atoms with van der Waals surface area (Å²) in [6, 6.07) is 10.1. The van der Waals surface area contributed by atoms with Crippen molar-refractivity contribution in [2.75, 3.05) is 5.32 Å². The number of benzene rings is 1. The third-order valence-electron chi connectivity index (χ3n) is 3.39. The normalized spacial score (nSPS) is 11.2. The van der Waals surface area contributed by atoms with Crippen LogP contribution in [0.5, 0.6) is 0 Å². The van der Waals surface area contributed by atoms with Gasteiger partial charge in [-0.1, -0.05) is 51.2 Å². The highest BCUT2D eigenvalue weighted by atomic mass is 32.1. The van der Waals surface area contributed by atoms with Crippen LogP contribution in [0.4, 0.5) is 11.5 Å². The van der Waals surface area contributed by atoms with E-state index in [-0.39, 0.29) is 5.41 Å². The number of para-hydroxylation sites is 1. The third-order valence-corrected chi connectivity index (χ3v) is 3.60. The summed E-state index contributed by atoms with van der Waals surface area (Å²) >= 11 is 5.16. The van der Waals surface area contributed by atoms with Gasteiger partial charge in [-0.3, -0.25) is 0 Å². The largest absolute Gasteiger partial charge is 0.389 e. The molecule has 4 heteroatoms. The molecular weight excluding hydrogens is 278 g/mol. The fourth-order valence-electron chi connectivity index (χ4n) is 2.34. The fourth-order valence-corrected chi connectivity index (χ4v) is 2.60. The number of pyridine rings is 1. The van der Waals surface area contributed by atoms with Crippen molar-refractivity contribution in [3.8, 4) is 0 Å². The second-order valence-corrected chi connectivity index (χ2v) is 6.58. The summed E-state index contributed by atoms with van der Waals surface area (Å²) in [5, 5.41) is 3.39. The second-order valence-electron chi connectivity index (χ2n) is 6.14. The first-order valence-corrected chi connectivity index (χ1v) is 7.33. The lowest BCUT2D eigenvalue weighted by molar-refractivity contribution is 0.592. The predicted octanol–water partition coefficient (Wildman–Crippen LogP) is 4.07. The van der Waals surface area contributed by atoms with E-state index in [0.717, 1.165) is 16.8 Å². The van der Waals surface area contributed by atoms with Crippen LogP contribution in [0.1, 0.15) is 37.5 Å². The van der Waals surface area contributed by atoms with Crippen LogP contribution in [0.3, 0.4) is 0 Å². The highest BCUT2D eigenvalue weighted by Gasteiger charge is 2.19. The highest BCUT2D eigenvalue weighted by molar-refractivity contribution is 7.80. The standard InChI is InChI=1S/C17H21N3S/c1-11-9-10-19-16(14(11)15(18)21)20-13-8-6-5-7-12(13)17(2,3)4/h5-10H,1-4H3,(H2,18,21)(H,19,20). The molecule has 3 nitrogen and oxygen atoms in total. The number of anilines is 2. The van der Waals surface area contributed by atoms with Gasteiger partial charge >= 0.3 is 0 Å². The molecule has 0 saturated heterocycles. The SMILES string of the molecule is Cc1ccnc(Nc2ccccc2C(C)(C)C)c1C(N)=S. The van der Waals surface area contributed by atoms with Crippen LogP contribution >= 0.6 is 12.2 Å². The Morgan fingerprint density at radius 2 is 1.86 bits per heavy atom. The Hall–Kier alpha value is -1.94. The number of aromatic nitrogens is 1. The molecule has 1 aromatic carbocycles. The van der Waals surface area contributed by atoms with Crippen LogP contribution in [0, 0.1) is 6.92 Å². The van der Waals surface area contributed by atoms with Gasteiger partial charge in [0.25, 0.3) is 0 Å². The summed E-state index contributed by atoms with van der Waals surface area (Å²) < 4.78 is 0. The number of nitrogens with one attached hydrogen (secondary N) is 1. The van der Waals surface area contributed by atoms with Crippen LogP contribution in [-0.2, 0) is 5.41 Å². The fraction of sp³-hybridized carbons (Fsp3) is 0.294.